The Kier molecular flexibility index (Phi) is 3.75. The molecular formula is C18H22N4O2. The predicted octanol–water partition coefficient (Wildman–Crippen LogP) is 2.94. The molecule has 126 valence electrons. The van der Waals surface area contributed by atoms with E-state index in [1.54, 1.807) is 0 Å². The Morgan fingerprint density at radius 2 is 1.92 bits per heavy atom. The highest BCUT2D eigenvalue weighted by atomic mass is 16.5. The molecule has 1 aliphatic heterocycles. The van der Waals surface area contributed by atoms with Crippen LogP contribution in [0.4, 0.5) is 6.01 Å². The molecule has 0 bridgehead atoms. The average molecular weight is 326 g/mol. The molecule has 4 rings (SSSR count). The third kappa shape index (κ3) is 3.00. The molecule has 1 saturated heterocycles. The fourth-order valence-electron chi connectivity index (χ4n) is 3.39. The first-order valence-electron chi connectivity index (χ1n) is 8.60. The topological polar surface area (TPSA) is 71.3 Å². The van der Waals surface area contributed by atoms with Gasteiger partial charge in [0.25, 0.3) is 0 Å². The highest BCUT2D eigenvalue weighted by molar-refractivity contribution is 5.83. The van der Waals surface area contributed by atoms with Crippen molar-refractivity contribution >= 4 is 11.9 Å². The zero-order valence-electron chi connectivity index (χ0n) is 13.9. The molecule has 2 aliphatic rings. The number of nitrogens with zero attached hydrogens (tertiary/aromatic N) is 3. The fourth-order valence-corrected chi connectivity index (χ4v) is 3.39. The van der Waals surface area contributed by atoms with Crippen LogP contribution in [-0.4, -0.2) is 40.1 Å². The van der Waals surface area contributed by atoms with E-state index in [9.17, 15) is 4.79 Å². The van der Waals surface area contributed by atoms with Crippen LogP contribution in [0.5, 0.6) is 0 Å². The van der Waals surface area contributed by atoms with Crippen molar-refractivity contribution < 1.29 is 9.32 Å². The Morgan fingerprint density at radius 3 is 2.58 bits per heavy atom. The Bertz CT molecular complexity index is 714. The molecule has 2 aromatic rings. The van der Waals surface area contributed by atoms with E-state index in [4.69, 9.17) is 4.52 Å². The first-order valence-corrected chi connectivity index (χ1v) is 8.60. The summed E-state index contributed by atoms with van der Waals surface area (Å²) in [6.45, 7) is 3.57. The average Bonchev–Trinajstić information content (AvgIpc) is 3.20. The lowest BCUT2D eigenvalue weighted by Gasteiger charge is -2.33. The third-order valence-electron chi connectivity index (χ3n) is 5.26. The van der Waals surface area contributed by atoms with Crippen molar-refractivity contribution in [1.29, 1.82) is 0 Å². The van der Waals surface area contributed by atoms with Gasteiger partial charge in [-0.15, -0.1) is 0 Å². The summed E-state index contributed by atoms with van der Waals surface area (Å²) in [5, 5.41) is 7.00. The van der Waals surface area contributed by atoms with Crippen LogP contribution in [-0.2, 0) is 4.79 Å². The van der Waals surface area contributed by atoms with Crippen molar-refractivity contribution in [2.45, 2.75) is 38.6 Å². The summed E-state index contributed by atoms with van der Waals surface area (Å²) < 4.78 is 5.23. The number of amides is 1. The van der Waals surface area contributed by atoms with Crippen molar-refractivity contribution in [3.8, 4) is 11.4 Å². The fraction of sp³-hybridized carbons (Fsp3) is 0.500. The van der Waals surface area contributed by atoms with Gasteiger partial charge in [-0.25, -0.2) is 0 Å². The van der Waals surface area contributed by atoms with Gasteiger partial charge in [-0.3, -0.25) is 4.79 Å². The van der Waals surface area contributed by atoms with Gasteiger partial charge in [-0.05, 0) is 38.0 Å². The van der Waals surface area contributed by atoms with Crippen LogP contribution in [0.25, 0.3) is 11.4 Å². The first kappa shape index (κ1) is 15.2. The minimum absolute atomic E-state index is 0.102. The number of hydrogen-bond acceptors (Lipinski definition) is 5. The minimum Gasteiger partial charge on any atom is -0.341 e. The van der Waals surface area contributed by atoms with E-state index < -0.39 is 0 Å². The second-order valence-electron chi connectivity index (χ2n) is 6.98. The molecule has 1 saturated carbocycles. The predicted molar refractivity (Wildman–Crippen MR) is 90.3 cm³/mol. The summed E-state index contributed by atoms with van der Waals surface area (Å²) in [6, 6.07) is 9.54. The van der Waals surface area contributed by atoms with Crippen LogP contribution in [0.3, 0.4) is 0 Å². The Hall–Kier alpha value is -2.37. The van der Waals surface area contributed by atoms with E-state index in [0.29, 0.717) is 11.2 Å². The third-order valence-corrected chi connectivity index (χ3v) is 5.26. The van der Waals surface area contributed by atoms with Gasteiger partial charge in [0, 0.05) is 18.7 Å². The Balaban J connectivity index is 1.36. The van der Waals surface area contributed by atoms with Crippen molar-refractivity contribution in [1.82, 2.24) is 15.0 Å². The van der Waals surface area contributed by atoms with Gasteiger partial charge in [0.15, 0.2) is 0 Å². The zero-order chi connectivity index (χ0) is 16.6. The molecule has 2 fully saturated rings. The molecular weight excluding hydrogens is 304 g/mol. The molecule has 1 aliphatic carbocycles. The highest BCUT2D eigenvalue weighted by Gasteiger charge is 2.45. The molecule has 24 heavy (non-hydrogen) atoms. The maximum Gasteiger partial charge on any atom is 0.322 e. The maximum atomic E-state index is 12.6. The van der Waals surface area contributed by atoms with E-state index in [0.717, 1.165) is 31.5 Å². The van der Waals surface area contributed by atoms with Crippen LogP contribution in [0.1, 0.15) is 32.6 Å². The lowest BCUT2D eigenvalue weighted by Crippen LogP contribution is -2.45. The van der Waals surface area contributed by atoms with E-state index in [1.807, 2.05) is 42.2 Å². The van der Waals surface area contributed by atoms with Crippen LogP contribution in [0.2, 0.25) is 0 Å². The Morgan fingerprint density at radius 1 is 1.21 bits per heavy atom. The zero-order valence-corrected chi connectivity index (χ0v) is 13.9. The second-order valence-corrected chi connectivity index (χ2v) is 6.98. The maximum absolute atomic E-state index is 12.6. The summed E-state index contributed by atoms with van der Waals surface area (Å²) in [4.78, 5) is 18.9. The quantitative estimate of drug-likeness (QED) is 0.935. The number of carbonyl (C=O) groups excluding carboxylic acids is 1. The normalized spacial score (nSPS) is 20.0. The number of anilines is 1. The minimum atomic E-state index is -0.373. The molecule has 1 N–H and O–H groups in total. The van der Waals surface area contributed by atoms with Gasteiger partial charge in [-0.2, -0.15) is 4.98 Å². The smallest absolute Gasteiger partial charge is 0.322 e. The van der Waals surface area contributed by atoms with E-state index in [-0.39, 0.29) is 18.0 Å². The molecule has 6 heteroatoms. The highest BCUT2D eigenvalue weighted by Crippen LogP contribution is 2.53. The van der Waals surface area contributed by atoms with E-state index in [2.05, 4.69) is 15.5 Å². The number of benzene rings is 1. The lowest BCUT2D eigenvalue weighted by atomic mass is 9.93. The molecule has 1 aromatic carbocycles. The second kappa shape index (κ2) is 5.92. The van der Waals surface area contributed by atoms with Gasteiger partial charge < -0.3 is 14.7 Å². The number of piperidine rings is 1. The summed E-state index contributed by atoms with van der Waals surface area (Å²) >= 11 is 0. The molecule has 0 unspecified atom stereocenters. The van der Waals surface area contributed by atoms with Gasteiger partial charge in [0.1, 0.15) is 6.04 Å². The lowest BCUT2D eigenvalue weighted by molar-refractivity contribution is -0.133. The molecule has 6 nitrogen and oxygen atoms in total. The molecule has 0 radical (unpaired) electrons. The summed E-state index contributed by atoms with van der Waals surface area (Å²) in [5.74, 6) is 0.622. The van der Waals surface area contributed by atoms with Crippen molar-refractivity contribution in [3.05, 3.63) is 30.3 Å². The number of nitrogens with one attached hydrogen (secondary N) is 1. The summed E-state index contributed by atoms with van der Waals surface area (Å²) in [5.41, 5.74) is 1.46. The first-order chi connectivity index (χ1) is 11.7. The molecule has 1 aromatic heterocycles. The van der Waals surface area contributed by atoms with Crippen molar-refractivity contribution in [2.75, 3.05) is 18.4 Å². The van der Waals surface area contributed by atoms with Gasteiger partial charge >= 0.3 is 6.01 Å². The SMILES string of the molecule is C[C@H](Nc1nc(-c2ccccc2)no1)C(=O)N1CCC2(CC1)CC2. The standard InChI is InChI=1S/C18H22N4O2/c1-13(16(23)22-11-9-18(7-8-18)10-12-22)19-17-20-15(21-24-17)14-5-3-2-4-6-14/h2-6,13H,7-12H2,1H3,(H,19,20,21)/t13-/m0/s1. The molecule has 1 amide bonds. The number of hydrogen-bond donors (Lipinski definition) is 1. The van der Waals surface area contributed by atoms with Crippen LogP contribution in [0, 0.1) is 5.41 Å². The summed E-state index contributed by atoms with van der Waals surface area (Å²) in [7, 11) is 0. The largest absolute Gasteiger partial charge is 0.341 e. The number of rotatable bonds is 4. The van der Waals surface area contributed by atoms with Crippen LogP contribution in [0.15, 0.2) is 34.9 Å². The number of likely N-dealkylation sites (tertiary alicyclic amines) is 1. The molecule has 1 atom stereocenters. The van der Waals surface area contributed by atoms with E-state index >= 15 is 0 Å². The van der Waals surface area contributed by atoms with Gasteiger partial charge in [0.2, 0.25) is 11.7 Å². The number of aromatic nitrogens is 2. The van der Waals surface area contributed by atoms with Gasteiger partial charge in [-0.1, -0.05) is 35.5 Å². The Labute approximate surface area is 141 Å². The van der Waals surface area contributed by atoms with Crippen molar-refractivity contribution in [3.63, 3.8) is 0 Å². The van der Waals surface area contributed by atoms with Gasteiger partial charge in [0.05, 0.1) is 0 Å². The van der Waals surface area contributed by atoms with Crippen LogP contribution >= 0.6 is 0 Å². The van der Waals surface area contributed by atoms with Crippen molar-refractivity contribution in [2.24, 2.45) is 5.41 Å². The number of carbonyl (C=O) groups is 1. The summed E-state index contributed by atoms with van der Waals surface area (Å²) in [6.07, 6.45) is 4.97. The molecule has 1 spiro atoms. The van der Waals surface area contributed by atoms with Crippen LogP contribution < -0.4 is 5.32 Å². The monoisotopic (exact) mass is 326 g/mol. The van der Waals surface area contributed by atoms with E-state index in [1.165, 1.54) is 12.8 Å². The molecule has 2 heterocycles.